The van der Waals surface area contributed by atoms with Crippen LogP contribution in [0, 0.1) is 12.7 Å². The van der Waals surface area contributed by atoms with Crippen LogP contribution in [0.1, 0.15) is 16.1 Å². The number of halogens is 1. The molecule has 0 aliphatic carbocycles. The first-order valence-electron chi connectivity index (χ1n) is 9.55. The van der Waals surface area contributed by atoms with E-state index in [0.29, 0.717) is 43.5 Å². The highest BCUT2D eigenvalue weighted by Gasteiger charge is 2.21. The number of carbonyl (C=O) groups excluding carboxylic acids is 1. The van der Waals surface area contributed by atoms with Gasteiger partial charge in [0.1, 0.15) is 11.5 Å². The van der Waals surface area contributed by atoms with Gasteiger partial charge in [-0.15, -0.1) is 0 Å². The summed E-state index contributed by atoms with van der Waals surface area (Å²) in [5.74, 6) is 0.0198. The van der Waals surface area contributed by atoms with Gasteiger partial charge in [-0.25, -0.2) is 14.4 Å². The van der Waals surface area contributed by atoms with Crippen LogP contribution in [0.2, 0.25) is 0 Å². The third-order valence-corrected chi connectivity index (χ3v) is 4.91. The third kappa shape index (κ3) is 4.34. The van der Waals surface area contributed by atoms with Gasteiger partial charge in [-0.05, 0) is 42.8 Å². The molecule has 1 aliphatic heterocycles. The molecule has 4 rings (SSSR count). The third-order valence-electron chi connectivity index (χ3n) is 4.91. The van der Waals surface area contributed by atoms with Gasteiger partial charge in [0.2, 0.25) is 5.95 Å². The van der Waals surface area contributed by atoms with E-state index in [0.717, 1.165) is 11.3 Å². The highest BCUT2D eigenvalue weighted by molar-refractivity contribution is 6.03. The van der Waals surface area contributed by atoms with E-state index < -0.39 is 0 Å². The van der Waals surface area contributed by atoms with Gasteiger partial charge in [-0.3, -0.25) is 4.79 Å². The number of para-hydroxylation sites is 1. The molecule has 0 unspecified atom stereocenters. The van der Waals surface area contributed by atoms with Crippen molar-refractivity contribution in [3.8, 4) is 0 Å². The molecule has 1 aliphatic rings. The van der Waals surface area contributed by atoms with Crippen molar-refractivity contribution >= 4 is 23.2 Å². The summed E-state index contributed by atoms with van der Waals surface area (Å²) in [5, 5.41) is 2.87. The van der Waals surface area contributed by atoms with Gasteiger partial charge < -0.3 is 15.1 Å². The summed E-state index contributed by atoms with van der Waals surface area (Å²) < 4.78 is 14.0. The van der Waals surface area contributed by atoms with Gasteiger partial charge in [0.25, 0.3) is 5.91 Å². The molecule has 0 bridgehead atoms. The molecule has 0 atom stereocenters. The summed E-state index contributed by atoms with van der Waals surface area (Å²) >= 11 is 0. The minimum absolute atomic E-state index is 0.216. The van der Waals surface area contributed by atoms with Crippen LogP contribution >= 0.6 is 0 Å². The average Bonchev–Trinajstić information content (AvgIpc) is 2.74. The lowest BCUT2D eigenvalue weighted by Gasteiger charge is -2.36. The molecule has 3 aromatic rings. The van der Waals surface area contributed by atoms with Gasteiger partial charge in [0, 0.05) is 38.1 Å². The highest BCUT2D eigenvalue weighted by Crippen LogP contribution is 2.21. The van der Waals surface area contributed by atoms with Crippen LogP contribution in [0.4, 0.5) is 21.7 Å². The first kappa shape index (κ1) is 18.9. The zero-order valence-corrected chi connectivity index (χ0v) is 16.2. The topological polar surface area (TPSA) is 61.4 Å². The quantitative estimate of drug-likeness (QED) is 0.738. The van der Waals surface area contributed by atoms with Gasteiger partial charge in [-0.1, -0.05) is 24.3 Å². The van der Waals surface area contributed by atoms with E-state index in [1.54, 1.807) is 24.4 Å². The molecule has 0 spiro atoms. The molecule has 148 valence electrons. The number of hydrogen-bond acceptors (Lipinski definition) is 5. The number of nitrogens with one attached hydrogen (secondary N) is 1. The number of aryl methyl sites for hydroxylation is 1. The molecule has 29 heavy (non-hydrogen) atoms. The monoisotopic (exact) mass is 391 g/mol. The number of carbonyl (C=O) groups is 1. The summed E-state index contributed by atoms with van der Waals surface area (Å²) in [4.78, 5) is 25.4. The lowest BCUT2D eigenvalue weighted by molar-refractivity contribution is 0.102. The maximum atomic E-state index is 14.0. The molecule has 2 aromatic carbocycles. The molecular formula is C22H22FN5O. The van der Waals surface area contributed by atoms with E-state index in [1.165, 1.54) is 6.07 Å². The van der Waals surface area contributed by atoms with Crippen LogP contribution in [0.25, 0.3) is 0 Å². The van der Waals surface area contributed by atoms with Gasteiger partial charge in [-0.2, -0.15) is 0 Å². The maximum absolute atomic E-state index is 14.0. The Labute approximate surface area is 169 Å². The second-order valence-corrected chi connectivity index (χ2v) is 6.99. The van der Waals surface area contributed by atoms with Crippen LogP contribution in [-0.2, 0) is 0 Å². The molecule has 1 aromatic heterocycles. The molecule has 1 N–H and O–H groups in total. The van der Waals surface area contributed by atoms with Crippen molar-refractivity contribution in [3.63, 3.8) is 0 Å². The van der Waals surface area contributed by atoms with Crippen molar-refractivity contribution in [2.45, 2.75) is 6.92 Å². The van der Waals surface area contributed by atoms with Crippen molar-refractivity contribution in [1.29, 1.82) is 0 Å². The zero-order chi connectivity index (χ0) is 20.2. The van der Waals surface area contributed by atoms with Crippen molar-refractivity contribution in [2.24, 2.45) is 0 Å². The molecular weight excluding hydrogens is 369 g/mol. The maximum Gasteiger partial charge on any atom is 0.274 e. The van der Waals surface area contributed by atoms with E-state index in [2.05, 4.69) is 15.3 Å². The highest BCUT2D eigenvalue weighted by atomic mass is 19.1. The van der Waals surface area contributed by atoms with Crippen LogP contribution in [0.5, 0.6) is 0 Å². The van der Waals surface area contributed by atoms with Crippen LogP contribution in [0.15, 0.2) is 60.8 Å². The molecule has 1 saturated heterocycles. The largest absolute Gasteiger partial charge is 0.366 e. The number of nitrogens with zero attached hydrogens (tertiary/aromatic N) is 4. The Kier molecular flexibility index (Phi) is 5.37. The normalized spacial score (nSPS) is 14.0. The smallest absolute Gasteiger partial charge is 0.274 e. The number of piperazine rings is 1. The van der Waals surface area contributed by atoms with Crippen molar-refractivity contribution in [1.82, 2.24) is 9.97 Å². The predicted molar refractivity (Wildman–Crippen MR) is 112 cm³/mol. The Morgan fingerprint density at radius 1 is 1.00 bits per heavy atom. The number of benzene rings is 2. The predicted octanol–water partition coefficient (Wildman–Crippen LogP) is 3.50. The molecule has 0 saturated carbocycles. The summed E-state index contributed by atoms with van der Waals surface area (Å²) in [5.41, 5.74) is 2.72. The first-order chi connectivity index (χ1) is 14.1. The SMILES string of the molecule is Cc1cccc(NC(=O)c2ccnc(N3CCN(c4ccccc4F)CC3)n2)c1. The molecule has 2 heterocycles. The average molecular weight is 391 g/mol. The molecule has 1 amide bonds. The number of amides is 1. The minimum Gasteiger partial charge on any atom is -0.366 e. The van der Waals surface area contributed by atoms with E-state index >= 15 is 0 Å². The fourth-order valence-corrected chi connectivity index (χ4v) is 3.40. The fourth-order valence-electron chi connectivity index (χ4n) is 3.40. The van der Waals surface area contributed by atoms with E-state index in [9.17, 15) is 9.18 Å². The second-order valence-electron chi connectivity index (χ2n) is 6.99. The first-order valence-corrected chi connectivity index (χ1v) is 9.55. The van der Waals surface area contributed by atoms with Crippen LogP contribution < -0.4 is 15.1 Å². The Morgan fingerprint density at radius 2 is 1.76 bits per heavy atom. The Hall–Kier alpha value is -3.48. The summed E-state index contributed by atoms with van der Waals surface area (Å²) in [6.07, 6.45) is 1.59. The Balaban J connectivity index is 1.43. The van der Waals surface area contributed by atoms with E-state index in [1.807, 2.05) is 47.1 Å². The van der Waals surface area contributed by atoms with Gasteiger partial charge >= 0.3 is 0 Å². The molecule has 1 fully saturated rings. The number of hydrogen-bond donors (Lipinski definition) is 1. The van der Waals surface area contributed by atoms with Crippen LogP contribution in [-0.4, -0.2) is 42.1 Å². The Morgan fingerprint density at radius 3 is 2.52 bits per heavy atom. The minimum atomic E-state index is -0.274. The standard InChI is InChI=1S/C22H22FN5O/c1-16-5-4-6-17(15-16)25-21(29)19-9-10-24-22(26-19)28-13-11-27(12-14-28)20-8-3-2-7-18(20)23/h2-10,15H,11-14H2,1H3,(H,25,29). The Bertz CT molecular complexity index is 1020. The number of anilines is 3. The molecule has 7 heteroatoms. The lowest BCUT2D eigenvalue weighted by atomic mass is 10.2. The lowest BCUT2D eigenvalue weighted by Crippen LogP contribution is -2.47. The zero-order valence-electron chi connectivity index (χ0n) is 16.2. The number of rotatable bonds is 4. The van der Waals surface area contributed by atoms with Crippen molar-refractivity contribution in [2.75, 3.05) is 41.3 Å². The number of aromatic nitrogens is 2. The van der Waals surface area contributed by atoms with Gasteiger partial charge in [0.05, 0.1) is 5.69 Å². The second kappa shape index (κ2) is 8.26. The fraction of sp³-hybridized carbons (Fsp3) is 0.227. The van der Waals surface area contributed by atoms with E-state index in [-0.39, 0.29) is 11.7 Å². The van der Waals surface area contributed by atoms with Crippen molar-refractivity contribution < 1.29 is 9.18 Å². The van der Waals surface area contributed by atoms with Crippen molar-refractivity contribution in [3.05, 3.63) is 77.9 Å². The summed E-state index contributed by atoms with van der Waals surface area (Å²) in [6.45, 7) is 4.59. The van der Waals surface area contributed by atoms with Crippen LogP contribution in [0.3, 0.4) is 0 Å². The summed E-state index contributed by atoms with van der Waals surface area (Å²) in [7, 11) is 0. The summed E-state index contributed by atoms with van der Waals surface area (Å²) in [6, 6.07) is 16.0. The van der Waals surface area contributed by atoms with E-state index in [4.69, 9.17) is 0 Å². The molecule has 0 radical (unpaired) electrons. The molecule has 6 nitrogen and oxygen atoms in total. The van der Waals surface area contributed by atoms with Gasteiger partial charge in [0.15, 0.2) is 0 Å².